The van der Waals surface area contributed by atoms with E-state index in [0.29, 0.717) is 17.7 Å². The zero-order valence-corrected chi connectivity index (χ0v) is 13.3. The van der Waals surface area contributed by atoms with Crippen molar-refractivity contribution in [2.45, 2.75) is 19.8 Å². The Bertz CT molecular complexity index is 897. The number of aryl methyl sites for hydroxylation is 1. The van der Waals surface area contributed by atoms with Crippen LogP contribution in [-0.2, 0) is 11.2 Å². The predicted molar refractivity (Wildman–Crippen MR) is 85.0 cm³/mol. The SMILES string of the molecule is CCCc1cc(C(=O)Nc2nc(C(=O)OC)c3ccccn23)no1. The Kier molecular flexibility index (Phi) is 4.28. The van der Waals surface area contributed by atoms with Crippen molar-refractivity contribution >= 4 is 23.3 Å². The maximum absolute atomic E-state index is 12.3. The summed E-state index contributed by atoms with van der Waals surface area (Å²) >= 11 is 0. The molecule has 3 heterocycles. The lowest BCUT2D eigenvalue weighted by Crippen LogP contribution is -2.14. The van der Waals surface area contributed by atoms with Crippen molar-refractivity contribution in [1.82, 2.24) is 14.5 Å². The largest absolute Gasteiger partial charge is 0.464 e. The molecule has 0 aliphatic carbocycles. The van der Waals surface area contributed by atoms with Crippen LogP contribution in [0.25, 0.3) is 5.52 Å². The summed E-state index contributed by atoms with van der Waals surface area (Å²) in [6.07, 6.45) is 3.29. The monoisotopic (exact) mass is 328 g/mol. The molecular weight excluding hydrogens is 312 g/mol. The molecule has 0 atom stereocenters. The van der Waals surface area contributed by atoms with Crippen LogP contribution in [0.3, 0.4) is 0 Å². The zero-order chi connectivity index (χ0) is 17.1. The highest BCUT2D eigenvalue weighted by atomic mass is 16.5. The lowest BCUT2D eigenvalue weighted by Gasteiger charge is -2.01. The summed E-state index contributed by atoms with van der Waals surface area (Å²) < 4.78 is 11.4. The topological polar surface area (TPSA) is 98.7 Å². The Balaban J connectivity index is 1.91. The molecule has 3 aromatic heterocycles. The normalized spacial score (nSPS) is 10.8. The quantitative estimate of drug-likeness (QED) is 0.722. The van der Waals surface area contributed by atoms with Gasteiger partial charge in [0.2, 0.25) is 5.95 Å². The number of ether oxygens (including phenoxy) is 1. The van der Waals surface area contributed by atoms with Gasteiger partial charge in [-0.1, -0.05) is 18.1 Å². The van der Waals surface area contributed by atoms with E-state index in [0.717, 1.165) is 6.42 Å². The molecule has 0 radical (unpaired) electrons. The molecule has 1 N–H and O–H groups in total. The van der Waals surface area contributed by atoms with Crippen LogP contribution in [0.5, 0.6) is 0 Å². The molecule has 0 aromatic carbocycles. The van der Waals surface area contributed by atoms with Crippen molar-refractivity contribution in [2.75, 3.05) is 12.4 Å². The van der Waals surface area contributed by atoms with E-state index in [-0.39, 0.29) is 17.3 Å². The van der Waals surface area contributed by atoms with E-state index >= 15 is 0 Å². The van der Waals surface area contributed by atoms with Gasteiger partial charge in [0.25, 0.3) is 5.91 Å². The summed E-state index contributed by atoms with van der Waals surface area (Å²) in [4.78, 5) is 28.3. The molecule has 24 heavy (non-hydrogen) atoms. The Hall–Kier alpha value is -3.16. The Morgan fingerprint density at radius 2 is 2.21 bits per heavy atom. The molecule has 1 amide bonds. The second kappa shape index (κ2) is 6.53. The van der Waals surface area contributed by atoms with E-state index in [9.17, 15) is 9.59 Å². The van der Waals surface area contributed by atoms with Gasteiger partial charge < -0.3 is 9.26 Å². The highest BCUT2D eigenvalue weighted by Gasteiger charge is 2.20. The molecule has 124 valence electrons. The van der Waals surface area contributed by atoms with Gasteiger partial charge in [-0.3, -0.25) is 14.5 Å². The van der Waals surface area contributed by atoms with Gasteiger partial charge in [-0.15, -0.1) is 0 Å². The molecule has 3 rings (SSSR count). The minimum atomic E-state index is -0.578. The Morgan fingerprint density at radius 3 is 2.96 bits per heavy atom. The van der Waals surface area contributed by atoms with Crippen LogP contribution in [0.1, 0.15) is 40.1 Å². The average molecular weight is 328 g/mol. The maximum atomic E-state index is 12.3. The number of hydrogen-bond donors (Lipinski definition) is 1. The lowest BCUT2D eigenvalue weighted by molar-refractivity contribution is 0.0596. The molecule has 8 nitrogen and oxygen atoms in total. The maximum Gasteiger partial charge on any atom is 0.359 e. The van der Waals surface area contributed by atoms with Gasteiger partial charge in [0.15, 0.2) is 11.4 Å². The fraction of sp³-hybridized carbons (Fsp3) is 0.250. The zero-order valence-electron chi connectivity index (χ0n) is 13.3. The Morgan fingerprint density at radius 1 is 1.38 bits per heavy atom. The number of esters is 1. The van der Waals surface area contributed by atoms with Crippen molar-refractivity contribution in [3.05, 3.63) is 47.6 Å². The molecular formula is C16H16N4O4. The summed E-state index contributed by atoms with van der Waals surface area (Å²) in [5, 5.41) is 6.39. The molecule has 0 saturated heterocycles. The number of nitrogens with zero attached hydrogens (tertiary/aromatic N) is 3. The number of carbonyl (C=O) groups is 2. The number of hydrogen-bond acceptors (Lipinski definition) is 6. The van der Waals surface area contributed by atoms with E-state index < -0.39 is 11.9 Å². The fourth-order valence-electron chi connectivity index (χ4n) is 2.32. The third kappa shape index (κ3) is 2.85. The number of amides is 1. The second-order valence-corrected chi connectivity index (χ2v) is 5.11. The standard InChI is InChI=1S/C16H16N4O4/c1-3-6-10-9-11(19-24-10)14(21)18-16-17-13(15(22)23-2)12-7-4-5-8-20(12)16/h4-5,7-9H,3,6H2,1-2H3,(H,17,18,21). The first-order valence-corrected chi connectivity index (χ1v) is 7.46. The van der Waals surface area contributed by atoms with Crippen molar-refractivity contribution in [3.63, 3.8) is 0 Å². The minimum Gasteiger partial charge on any atom is -0.464 e. The highest BCUT2D eigenvalue weighted by Crippen LogP contribution is 2.18. The first-order valence-electron chi connectivity index (χ1n) is 7.46. The number of nitrogens with one attached hydrogen (secondary N) is 1. The van der Waals surface area contributed by atoms with Gasteiger partial charge in [-0.05, 0) is 18.6 Å². The van der Waals surface area contributed by atoms with Gasteiger partial charge in [-0.25, -0.2) is 9.78 Å². The van der Waals surface area contributed by atoms with Gasteiger partial charge in [0.05, 0.1) is 12.6 Å². The highest BCUT2D eigenvalue weighted by molar-refractivity contribution is 6.03. The van der Waals surface area contributed by atoms with Crippen LogP contribution < -0.4 is 5.32 Å². The molecule has 0 aliphatic heterocycles. The van der Waals surface area contributed by atoms with Crippen LogP contribution in [0.2, 0.25) is 0 Å². The number of anilines is 1. The number of imidazole rings is 1. The fourth-order valence-corrected chi connectivity index (χ4v) is 2.32. The van der Waals surface area contributed by atoms with E-state index in [4.69, 9.17) is 9.26 Å². The molecule has 0 bridgehead atoms. The summed E-state index contributed by atoms with van der Waals surface area (Å²) in [6.45, 7) is 2.01. The molecule has 0 unspecified atom stereocenters. The van der Waals surface area contributed by atoms with Crippen molar-refractivity contribution in [1.29, 1.82) is 0 Å². The average Bonchev–Trinajstić information content (AvgIpc) is 3.20. The molecule has 0 saturated carbocycles. The van der Waals surface area contributed by atoms with Crippen LogP contribution >= 0.6 is 0 Å². The van der Waals surface area contributed by atoms with Crippen LogP contribution in [0.4, 0.5) is 5.95 Å². The predicted octanol–water partition coefficient (Wildman–Crippen LogP) is 2.31. The number of methoxy groups -OCH3 is 1. The third-order valence-electron chi connectivity index (χ3n) is 3.44. The first kappa shape index (κ1) is 15.7. The van der Waals surface area contributed by atoms with Gasteiger partial charge in [0, 0.05) is 18.7 Å². The molecule has 8 heteroatoms. The smallest absolute Gasteiger partial charge is 0.359 e. The number of aromatic nitrogens is 3. The number of pyridine rings is 1. The van der Waals surface area contributed by atoms with Gasteiger partial charge >= 0.3 is 5.97 Å². The lowest BCUT2D eigenvalue weighted by atomic mass is 10.2. The molecule has 0 spiro atoms. The summed E-state index contributed by atoms with van der Waals surface area (Å²) in [7, 11) is 1.28. The minimum absolute atomic E-state index is 0.125. The molecule has 3 aromatic rings. The van der Waals surface area contributed by atoms with E-state index in [1.54, 1.807) is 34.9 Å². The first-order chi connectivity index (χ1) is 11.6. The summed E-state index contributed by atoms with van der Waals surface area (Å²) in [5.41, 5.74) is 0.817. The van der Waals surface area contributed by atoms with Crippen LogP contribution in [-0.4, -0.2) is 33.5 Å². The van der Waals surface area contributed by atoms with Crippen LogP contribution in [0.15, 0.2) is 35.0 Å². The Labute approximate surface area is 137 Å². The van der Waals surface area contributed by atoms with Crippen molar-refractivity contribution in [2.24, 2.45) is 0 Å². The van der Waals surface area contributed by atoms with Gasteiger partial charge in [-0.2, -0.15) is 0 Å². The van der Waals surface area contributed by atoms with E-state index in [1.807, 2.05) is 6.92 Å². The van der Waals surface area contributed by atoms with E-state index in [1.165, 1.54) is 7.11 Å². The molecule has 0 fully saturated rings. The second-order valence-electron chi connectivity index (χ2n) is 5.11. The molecule has 0 aliphatic rings. The summed E-state index contributed by atoms with van der Waals surface area (Å²) in [6, 6.07) is 6.84. The number of fused-ring (bicyclic) bond motifs is 1. The third-order valence-corrected chi connectivity index (χ3v) is 3.44. The number of rotatable bonds is 5. The van der Waals surface area contributed by atoms with Crippen LogP contribution in [0, 0.1) is 0 Å². The van der Waals surface area contributed by atoms with Crippen molar-refractivity contribution in [3.8, 4) is 0 Å². The number of carbonyl (C=O) groups excluding carboxylic acids is 2. The van der Waals surface area contributed by atoms with E-state index in [2.05, 4.69) is 15.5 Å². The summed E-state index contributed by atoms with van der Waals surface area (Å²) in [5.74, 6) is -0.193. The van der Waals surface area contributed by atoms with Crippen molar-refractivity contribution < 1.29 is 18.8 Å². The van der Waals surface area contributed by atoms with Gasteiger partial charge in [0.1, 0.15) is 5.76 Å².